The Morgan fingerprint density at radius 3 is 2.94 bits per heavy atom. The van der Waals surface area contributed by atoms with E-state index in [0.717, 1.165) is 19.3 Å². The highest BCUT2D eigenvalue weighted by Crippen LogP contribution is 1.99. The van der Waals surface area contributed by atoms with Gasteiger partial charge in [0.15, 0.2) is 0 Å². The molecule has 0 aromatic carbocycles. The maximum Gasteiger partial charge on any atom is 0.205 e. The minimum Gasteiger partial charge on any atom is -0.285 e. The molecule has 0 bridgehead atoms. The van der Waals surface area contributed by atoms with E-state index in [1.165, 1.54) is 0 Å². The van der Waals surface area contributed by atoms with Crippen LogP contribution in [0.3, 0.4) is 0 Å². The minimum atomic E-state index is -0.0531. The van der Waals surface area contributed by atoms with Gasteiger partial charge in [0.05, 0.1) is 0 Å². The first-order chi connectivity index (χ1) is 7.83. The number of aromatic nitrogens is 1. The smallest absolute Gasteiger partial charge is 0.205 e. The van der Waals surface area contributed by atoms with Crippen molar-refractivity contribution in [2.45, 2.75) is 25.7 Å². The van der Waals surface area contributed by atoms with E-state index in [-0.39, 0.29) is 5.78 Å². The van der Waals surface area contributed by atoms with Crippen molar-refractivity contribution in [3.05, 3.63) is 30.1 Å². The Morgan fingerprint density at radius 2 is 2.25 bits per heavy atom. The molecular formula is C14H13NO. The fraction of sp³-hybridized carbons (Fsp3) is 0.286. The lowest BCUT2D eigenvalue weighted by Crippen LogP contribution is -1.93. The van der Waals surface area contributed by atoms with Crippen molar-refractivity contribution in [2.75, 3.05) is 0 Å². The van der Waals surface area contributed by atoms with Crippen LogP contribution in [-0.2, 0) is 4.79 Å². The Hall–Kier alpha value is -2.06. The van der Waals surface area contributed by atoms with Crippen LogP contribution in [0.5, 0.6) is 0 Å². The van der Waals surface area contributed by atoms with Crippen LogP contribution in [0.2, 0.25) is 0 Å². The van der Waals surface area contributed by atoms with Crippen LogP contribution >= 0.6 is 0 Å². The second kappa shape index (κ2) is 7.26. The number of Topliss-reactive ketones (excluding diaryl/α,β-unsaturated/α-hetero) is 1. The summed E-state index contributed by atoms with van der Waals surface area (Å²) >= 11 is 0. The summed E-state index contributed by atoms with van der Waals surface area (Å²) in [5.74, 6) is 7.80. The molecule has 2 nitrogen and oxygen atoms in total. The SMILES string of the molecule is C#CCCCCC(=O)C#Cc1ccccn1. The van der Waals surface area contributed by atoms with Crippen LogP contribution in [0.4, 0.5) is 0 Å². The molecule has 0 N–H and O–H groups in total. The molecule has 1 heterocycles. The van der Waals surface area contributed by atoms with E-state index in [1.54, 1.807) is 12.3 Å². The zero-order valence-corrected chi connectivity index (χ0v) is 9.07. The molecule has 0 aliphatic rings. The van der Waals surface area contributed by atoms with Gasteiger partial charge >= 0.3 is 0 Å². The fourth-order valence-electron chi connectivity index (χ4n) is 1.15. The summed E-state index contributed by atoms with van der Waals surface area (Å²) < 4.78 is 0. The molecule has 0 aliphatic carbocycles. The van der Waals surface area contributed by atoms with Gasteiger partial charge in [0, 0.05) is 19.0 Å². The quantitative estimate of drug-likeness (QED) is 0.564. The number of rotatable bonds is 4. The Morgan fingerprint density at radius 1 is 1.38 bits per heavy atom. The Balaban J connectivity index is 2.35. The Labute approximate surface area is 96.1 Å². The summed E-state index contributed by atoms with van der Waals surface area (Å²) in [4.78, 5) is 15.3. The maximum absolute atomic E-state index is 11.3. The highest BCUT2D eigenvalue weighted by Gasteiger charge is 1.96. The standard InChI is InChI=1S/C14H13NO/c1-2-3-4-5-9-14(16)11-10-13-8-6-7-12-15-13/h1,6-8,12H,3-5,9H2. The summed E-state index contributed by atoms with van der Waals surface area (Å²) in [5, 5.41) is 0. The van der Waals surface area contributed by atoms with E-state index in [4.69, 9.17) is 6.42 Å². The van der Waals surface area contributed by atoms with Gasteiger partial charge in [-0.15, -0.1) is 12.3 Å². The van der Waals surface area contributed by atoms with E-state index >= 15 is 0 Å². The van der Waals surface area contributed by atoms with Gasteiger partial charge in [0.1, 0.15) is 5.69 Å². The van der Waals surface area contributed by atoms with Crippen molar-refractivity contribution < 1.29 is 4.79 Å². The highest BCUT2D eigenvalue weighted by atomic mass is 16.1. The third-order valence-corrected chi connectivity index (χ3v) is 1.97. The first-order valence-electron chi connectivity index (χ1n) is 5.22. The first kappa shape index (κ1) is 12.0. The number of hydrogen-bond acceptors (Lipinski definition) is 2. The molecule has 16 heavy (non-hydrogen) atoms. The largest absolute Gasteiger partial charge is 0.285 e. The molecular weight excluding hydrogens is 198 g/mol. The van der Waals surface area contributed by atoms with Crippen molar-refractivity contribution >= 4 is 5.78 Å². The number of unbranched alkanes of at least 4 members (excludes halogenated alkanes) is 2. The van der Waals surface area contributed by atoms with Crippen LogP contribution < -0.4 is 0 Å². The number of carbonyl (C=O) groups is 1. The number of nitrogens with zero attached hydrogens (tertiary/aromatic N) is 1. The number of hydrogen-bond donors (Lipinski definition) is 0. The van der Waals surface area contributed by atoms with E-state index in [1.807, 2.05) is 12.1 Å². The zero-order valence-electron chi connectivity index (χ0n) is 9.07. The van der Waals surface area contributed by atoms with Gasteiger partial charge in [-0.2, -0.15) is 0 Å². The monoisotopic (exact) mass is 211 g/mol. The second-order valence-corrected chi connectivity index (χ2v) is 3.30. The zero-order chi connectivity index (χ0) is 11.6. The van der Waals surface area contributed by atoms with Gasteiger partial charge in [0.2, 0.25) is 5.78 Å². The normalized spacial score (nSPS) is 8.69. The second-order valence-electron chi connectivity index (χ2n) is 3.30. The third-order valence-electron chi connectivity index (χ3n) is 1.97. The third kappa shape index (κ3) is 4.98. The first-order valence-corrected chi connectivity index (χ1v) is 5.22. The van der Waals surface area contributed by atoms with Crippen LogP contribution in [0.1, 0.15) is 31.4 Å². The van der Waals surface area contributed by atoms with Gasteiger partial charge in [-0.05, 0) is 36.8 Å². The molecule has 2 heteroatoms. The van der Waals surface area contributed by atoms with Crippen molar-refractivity contribution in [2.24, 2.45) is 0 Å². The Kier molecular flexibility index (Phi) is 5.45. The van der Waals surface area contributed by atoms with Crippen LogP contribution in [-0.4, -0.2) is 10.8 Å². The lowest BCUT2D eigenvalue weighted by Gasteiger charge is -1.91. The average molecular weight is 211 g/mol. The van der Waals surface area contributed by atoms with Crippen molar-refractivity contribution in [3.63, 3.8) is 0 Å². The summed E-state index contributed by atoms with van der Waals surface area (Å²) in [6, 6.07) is 5.43. The predicted molar refractivity (Wildman–Crippen MR) is 63.4 cm³/mol. The topological polar surface area (TPSA) is 30.0 Å². The van der Waals surface area contributed by atoms with E-state index < -0.39 is 0 Å². The van der Waals surface area contributed by atoms with Gasteiger partial charge in [0.25, 0.3) is 0 Å². The van der Waals surface area contributed by atoms with Crippen LogP contribution in [0.25, 0.3) is 0 Å². The number of terminal acetylenes is 1. The number of ketones is 1. The Bertz CT molecular complexity index is 431. The molecule has 0 saturated heterocycles. The lowest BCUT2D eigenvalue weighted by molar-refractivity contribution is -0.113. The molecule has 1 aromatic rings. The van der Waals surface area contributed by atoms with E-state index in [2.05, 4.69) is 22.7 Å². The molecule has 1 rings (SSSR count). The summed E-state index contributed by atoms with van der Waals surface area (Å²) in [6.07, 6.45) is 9.65. The summed E-state index contributed by atoms with van der Waals surface area (Å²) in [6.45, 7) is 0. The van der Waals surface area contributed by atoms with Crippen LogP contribution in [0.15, 0.2) is 24.4 Å². The molecule has 1 aromatic heterocycles. The van der Waals surface area contributed by atoms with Crippen molar-refractivity contribution in [1.29, 1.82) is 0 Å². The van der Waals surface area contributed by atoms with Gasteiger partial charge in [-0.3, -0.25) is 4.79 Å². The molecule has 0 spiro atoms. The van der Waals surface area contributed by atoms with Crippen LogP contribution in [0, 0.1) is 24.2 Å². The van der Waals surface area contributed by atoms with Crippen molar-refractivity contribution in [1.82, 2.24) is 4.98 Å². The average Bonchev–Trinajstić information content (AvgIpc) is 2.33. The minimum absolute atomic E-state index is 0.0531. The van der Waals surface area contributed by atoms with E-state index in [0.29, 0.717) is 12.1 Å². The predicted octanol–water partition coefficient (Wildman–Crippen LogP) is 2.20. The number of carbonyl (C=O) groups excluding carboxylic acids is 1. The molecule has 0 aliphatic heterocycles. The fourth-order valence-corrected chi connectivity index (χ4v) is 1.15. The van der Waals surface area contributed by atoms with Gasteiger partial charge < -0.3 is 0 Å². The summed E-state index contributed by atoms with van der Waals surface area (Å²) in [7, 11) is 0. The number of pyridine rings is 1. The highest BCUT2D eigenvalue weighted by molar-refractivity contribution is 5.95. The molecule has 0 amide bonds. The molecule has 0 fully saturated rings. The lowest BCUT2D eigenvalue weighted by atomic mass is 10.1. The maximum atomic E-state index is 11.3. The van der Waals surface area contributed by atoms with Crippen molar-refractivity contribution in [3.8, 4) is 24.2 Å². The van der Waals surface area contributed by atoms with Gasteiger partial charge in [-0.25, -0.2) is 4.98 Å². The molecule has 0 atom stereocenters. The molecule has 0 saturated carbocycles. The molecule has 0 unspecified atom stereocenters. The molecule has 0 radical (unpaired) electrons. The molecule has 80 valence electrons. The van der Waals surface area contributed by atoms with Gasteiger partial charge in [-0.1, -0.05) is 6.07 Å². The van der Waals surface area contributed by atoms with E-state index in [9.17, 15) is 4.79 Å². The summed E-state index contributed by atoms with van der Waals surface area (Å²) in [5.41, 5.74) is 0.625.